The molecule has 0 saturated carbocycles. The Balaban J connectivity index is 1.66. The summed E-state index contributed by atoms with van der Waals surface area (Å²) in [7, 11) is 0. The van der Waals surface area contributed by atoms with Gasteiger partial charge < -0.3 is 15.2 Å². The summed E-state index contributed by atoms with van der Waals surface area (Å²) in [6.45, 7) is 9.03. The van der Waals surface area contributed by atoms with E-state index in [0.717, 1.165) is 16.3 Å². The van der Waals surface area contributed by atoms with Crippen LogP contribution in [-0.4, -0.2) is 61.3 Å². The summed E-state index contributed by atoms with van der Waals surface area (Å²) in [6.07, 6.45) is 2.05. The van der Waals surface area contributed by atoms with Gasteiger partial charge in [0.1, 0.15) is 17.3 Å². The average molecular weight is 434 g/mol. The van der Waals surface area contributed by atoms with E-state index in [-0.39, 0.29) is 18.9 Å². The molecular formula is C20H27N5O4S. The second-order valence-electron chi connectivity index (χ2n) is 8.36. The van der Waals surface area contributed by atoms with E-state index in [1.807, 2.05) is 6.92 Å². The number of aryl methyl sites for hydroxylation is 1. The number of carbonyl (C=O) groups excluding carboxylic acids is 2. The first-order valence-electron chi connectivity index (χ1n) is 9.75. The van der Waals surface area contributed by atoms with Gasteiger partial charge in [0.2, 0.25) is 5.91 Å². The van der Waals surface area contributed by atoms with Gasteiger partial charge in [0.05, 0.1) is 52.9 Å². The summed E-state index contributed by atoms with van der Waals surface area (Å²) in [5, 5.41) is 12.9. The number of aliphatic hydroxyl groups excluding tert-OH is 1. The zero-order valence-electron chi connectivity index (χ0n) is 17.7. The highest BCUT2D eigenvalue weighted by atomic mass is 32.1. The number of rotatable bonds is 4. The molecular weight excluding hydrogens is 406 g/mol. The van der Waals surface area contributed by atoms with Crippen molar-refractivity contribution in [3.8, 4) is 10.6 Å². The largest absolute Gasteiger partial charge is 0.444 e. The lowest BCUT2D eigenvalue weighted by Crippen LogP contribution is -2.48. The first-order valence-corrected chi connectivity index (χ1v) is 10.6. The molecule has 0 aromatic carbocycles. The smallest absolute Gasteiger partial charge is 0.411 e. The van der Waals surface area contributed by atoms with Crippen molar-refractivity contribution in [2.45, 2.75) is 64.8 Å². The van der Waals surface area contributed by atoms with Crippen molar-refractivity contribution in [2.75, 3.05) is 6.54 Å². The minimum absolute atomic E-state index is 0.0596. The minimum Gasteiger partial charge on any atom is -0.444 e. The lowest BCUT2D eigenvalue weighted by molar-refractivity contribution is -0.126. The van der Waals surface area contributed by atoms with Gasteiger partial charge in [0.15, 0.2) is 0 Å². The number of aliphatic hydroxyl groups is 1. The summed E-state index contributed by atoms with van der Waals surface area (Å²) in [5.74, 6) is -0.367. The topological polar surface area (TPSA) is 118 Å². The molecule has 0 spiro atoms. The van der Waals surface area contributed by atoms with E-state index in [1.54, 1.807) is 45.6 Å². The van der Waals surface area contributed by atoms with Crippen molar-refractivity contribution >= 4 is 23.3 Å². The molecule has 1 aliphatic heterocycles. The van der Waals surface area contributed by atoms with Gasteiger partial charge in [0.25, 0.3) is 0 Å². The SMILES string of the molecule is Cc1ncsc1-c1cnc(C(C)NC(=O)[C@@H]2C[C@@H](O)CN2C(=O)OC(C)(C)C)cn1. The molecule has 30 heavy (non-hydrogen) atoms. The quantitative estimate of drug-likeness (QED) is 0.760. The van der Waals surface area contributed by atoms with E-state index in [2.05, 4.69) is 20.3 Å². The molecule has 1 aliphatic rings. The number of β-amino-alcohol motifs (C(OH)–C–C–N with tert-alkyl or cyclic N) is 1. The Morgan fingerprint density at radius 3 is 2.60 bits per heavy atom. The Kier molecular flexibility index (Phi) is 6.37. The monoisotopic (exact) mass is 433 g/mol. The van der Waals surface area contributed by atoms with Gasteiger partial charge in [-0.25, -0.2) is 9.78 Å². The second-order valence-corrected chi connectivity index (χ2v) is 9.22. The normalized spacial score (nSPS) is 20.1. The molecule has 2 aromatic rings. The number of carbonyl (C=O) groups is 2. The van der Waals surface area contributed by atoms with Crippen LogP contribution in [0.3, 0.4) is 0 Å². The van der Waals surface area contributed by atoms with Gasteiger partial charge in [-0.15, -0.1) is 11.3 Å². The molecule has 2 N–H and O–H groups in total. The number of thiazole rings is 1. The first kappa shape index (κ1) is 22.1. The van der Waals surface area contributed by atoms with Gasteiger partial charge in [-0.05, 0) is 34.6 Å². The number of amides is 2. The molecule has 1 unspecified atom stereocenters. The minimum atomic E-state index is -0.802. The molecule has 2 aromatic heterocycles. The van der Waals surface area contributed by atoms with Crippen LogP contribution in [0.2, 0.25) is 0 Å². The van der Waals surface area contributed by atoms with Crippen LogP contribution in [0.1, 0.15) is 51.5 Å². The molecule has 162 valence electrons. The molecule has 3 rings (SSSR count). The summed E-state index contributed by atoms with van der Waals surface area (Å²) < 4.78 is 5.37. The number of hydrogen-bond acceptors (Lipinski definition) is 8. The highest BCUT2D eigenvalue weighted by Gasteiger charge is 2.41. The van der Waals surface area contributed by atoms with E-state index in [0.29, 0.717) is 5.69 Å². The number of hydrogen-bond donors (Lipinski definition) is 2. The van der Waals surface area contributed by atoms with Crippen molar-refractivity contribution in [2.24, 2.45) is 0 Å². The standard InChI is InChI=1S/C20H27N5O4S/c1-11(14-7-22-15(8-21-14)17-12(2)23-10-30-17)24-18(27)16-6-13(26)9-25(16)19(28)29-20(3,4)5/h7-8,10-11,13,16,26H,6,9H2,1-5H3,(H,24,27)/t11?,13-,16+/m1/s1. The fourth-order valence-electron chi connectivity index (χ4n) is 3.19. The summed E-state index contributed by atoms with van der Waals surface area (Å²) in [5.41, 5.74) is 3.29. The maximum absolute atomic E-state index is 12.8. The predicted octanol–water partition coefficient (Wildman–Crippen LogP) is 2.46. The van der Waals surface area contributed by atoms with Gasteiger partial charge in [-0.3, -0.25) is 19.7 Å². The van der Waals surface area contributed by atoms with Crippen molar-refractivity contribution < 1.29 is 19.4 Å². The summed E-state index contributed by atoms with van der Waals surface area (Å²) >= 11 is 1.49. The van der Waals surface area contributed by atoms with Crippen LogP contribution in [0.15, 0.2) is 17.9 Å². The molecule has 9 nitrogen and oxygen atoms in total. The molecule has 3 atom stereocenters. The van der Waals surface area contributed by atoms with Gasteiger partial charge >= 0.3 is 6.09 Å². The molecule has 1 fully saturated rings. The molecule has 10 heteroatoms. The van der Waals surface area contributed by atoms with Crippen LogP contribution in [-0.2, 0) is 9.53 Å². The van der Waals surface area contributed by atoms with E-state index in [9.17, 15) is 14.7 Å². The van der Waals surface area contributed by atoms with E-state index in [4.69, 9.17) is 4.74 Å². The van der Waals surface area contributed by atoms with Crippen molar-refractivity contribution in [3.05, 3.63) is 29.3 Å². The van der Waals surface area contributed by atoms with Gasteiger partial charge in [-0.2, -0.15) is 0 Å². The number of ether oxygens (including phenoxy) is 1. The van der Waals surface area contributed by atoms with Crippen molar-refractivity contribution in [1.82, 2.24) is 25.2 Å². The fraction of sp³-hybridized carbons (Fsp3) is 0.550. The van der Waals surface area contributed by atoms with Crippen LogP contribution in [0.4, 0.5) is 4.79 Å². The summed E-state index contributed by atoms with van der Waals surface area (Å²) in [6, 6.07) is -1.22. The van der Waals surface area contributed by atoms with E-state index >= 15 is 0 Å². The molecule has 3 heterocycles. The van der Waals surface area contributed by atoms with Crippen molar-refractivity contribution in [1.29, 1.82) is 0 Å². The Morgan fingerprint density at radius 1 is 1.30 bits per heavy atom. The van der Waals surface area contributed by atoms with Gasteiger partial charge in [0, 0.05) is 6.42 Å². The van der Waals surface area contributed by atoms with Crippen molar-refractivity contribution in [3.63, 3.8) is 0 Å². The zero-order chi connectivity index (χ0) is 22.1. The second kappa shape index (κ2) is 8.65. The van der Waals surface area contributed by atoms with E-state index < -0.39 is 29.9 Å². The van der Waals surface area contributed by atoms with Crippen LogP contribution in [0.5, 0.6) is 0 Å². The van der Waals surface area contributed by atoms with Crippen LogP contribution in [0.25, 0.3) is 10.6 Å². The Morgan fingerprint density at radius 2 is 2.03 bits per heavy atom. The number of nitrogens with zero attached hydrogens (tertiary/aromatic N) is 4. The molecule has 1 saturated heterocycles. The zero-order valence-corrected chi connectivity index (χ0v) is 18.6. The average Bonchev–Trinajstić information content (AvgIpc) is 3.26. The Labute approximate surface area is 179 Å². The maximum Gasteiger partial charge on any atom is 0.411 e. The lowest BCUT2D eigenvalue weighted by Gasteiger charge is -2.28. The molecule has 2 amide bonds. The van der Waals surface area contributed by atoms with Crippen LogP contribution < -0.4 is 5.32 Å². The van der Waals surface area contributed by atoms with Crippen LogP contribution >= 0.6 is 11.3 Å². The molecule has 0 bridgehead atoms. The van der Waals surface area contributed by atoms with E-state index in [1.165, 1.54) is 16.2 Å². The molecule has 0 aliphatic carbocycles. The predicted molar refractivity (Wildman–Crippen MR) is 112 cm³/mol. The number of aromatic nitrogens is 3. The number of nitrogens with one attached hydrogen (secondary N) is 1. The van der Waals surface area contributed by atoms with Crippen LogP contribution in [0, 0.1) is 6.92 Å². The first-order chi connectivity index (χ1) is 14.0. The Hall–Kier alpha value is -2.59. The Bertz CT molecular complexity index is 909. The lowest BCUT2D eigenvalue weighted by atomic mass is 10.1. The highest BCUT2D eigenvalue weighted by Crippen LogP contribution is 2.26. The maximum atomic E-state index is 12.8. The third kappa shape index (κ3) is 5.11. The molecule has 0 radical (unpaired) electrons. The third-order valence-electron chi connectivity index (χ3n) is 4.66. The van der Waals surface area contributed by atoms with Gasteiger partial charge in [-0.1, -0.05) is 0 Å². The fourth-order valence-corrected chi connectivity index (χ4v) is 3.96. The summed E-state index contributed by atoms with van der Waals surface area (Å²) in [4.78, 5) is 40.6. The highest BCUT2D eigenvalue weighted by molar-refractivity contribution is 7.13. The number of likely N-dealkylation sites (tertiary alicyclic amines) is 1. The third-order valence-corrected chi connectivity index (χ3v) is 5.61.